The SMILES string of the molecule is CC(C)C(NC(=O)c1cc2ccccc2cn1)C(=O)NC1CCCN(S(=O)(=O)c2ccccn2)CC1=O. The van der Waals surface area contributed by atoms with E-state index in [-0.39, 0.29) is 36.1 Å². The number of hydrogen-bond acceptors (Lipinski definition) is 7. The first kappa shape index (κ1) is 26.4. The number of ketones is 1. The summed E-state index contributed by atoms with van der Waals surface area (Å²) in [6, 6.07) is 11.9. The molecule has 3 aromatic rings. The Hall–Kier alpha value is -3.70. The van der Waals surface area contributed by atoms with Crippen LogP contribution in [0.5, 0.6) is 0 Å². The van der Waals surface area contributed by atoms with Gasteiger partial charge < -0.3 is 10.6 Å². The van der Waals surface area contributed by atoms with E-state index in [9.17, 15) is 22.8 Å². The minimum atomic E-state index is -3.94. The van der Waals surface area contributed by atoms with Gasteiger partial charge in [0.05, 0.1) is 12.6 Å². The summed E-state index contributed by atoms with van der Waals surface area (Å²) in [4.78, 5) is 47.1. The van der Waals surface area contributed by atoms with E-state index < -0.39 is 39.7 Å². The highest BCUT2D eigenvalue weighted by Crippen LogP contribution is 2.18. The van der Waals surface area contributed by atoms with Gasteiger partial charge in [-0.05, 0) is 42.3 Å². The second-order valence-electron chi connectivity index (χ2n) is 9.29. The Bertz CT molecular complexity index is 1410. The van der Waals surface area contributed by atoms with E-state index in [0.717, 1.165) is 15.1 Å². The van der Waals surface area contributed by atoms with Crippen LogP contribution in [0, 0.1) is 5.92 Å². The van der Waals surface area contributed by atoms with Crippen LogP contribution >= 0.6 is 0 Å². The summed E-state index contributed by atoms with van der Waals surface area (Å²) < 4.78 is 26.9. The lowest BCUT2D eigenvalue weighted by Crippen LogP contribution is -2.54. The lowest BCUT2D eigenvalue weighted by molar-refractivity contribution is -0.129. The van der Waals surface area contributed by atoms with Crippen LogP contribution in [0.2, 0.25) is 0 Å². The third-order valence-electron chi connectivity index (χ3n) is 6.28. The number of hydrogen-bond donors (Lipinski definition) is 2. The number of nitrogens with zero attached hydrogens (tertiary/aromatic N) is 3. The van der Waals surface area contributed by atoms with Crippen molar-refractivity contribution in [2.24, 2.45) is 5.92 Å². The van der Waals surface area contributed by atoms with Crippen molar-refractivity contribution >= 4 is 38.4 Å². The summed E-state index contributed by atoms with van der Waals surface area (Å²) in [6.07, 6.45) is 3.64. The van der Waals surface area contributed by atoms with Gasteiger partial charge in [0.25, 0.3) is 15.9 Å². The molecule has 0 bridgehead atoms. The van der Waals surface area contributed by atoms with Gasteiger partial charge in [-0.25, -0.2) is 13.4 Å². The third-order valence-corrected chi connectivity index (χ3v) is 8.04. The van der Waals surface area contributed by atoms with Crippen molar-refractivity contribution in [2.45, 2.75) is 43.8 Å². The minimum absolute atomic E-state index is 0.129. The average molecular weight is 524 g/mol. The Morgan fingerprint density at radius 2 is 1.78 bits per heavy atom. The lowest BCUT2D eigenvalue weighted by atomic mass is 10.0. The van der Waals surface area contributed by atoms with E-state index >= 15 is 0 Å². The predicted molar refractivity (Wildman–Crippen MR) is 137 cm³/mol. The third kappa shape index (κ3) is 6.00. The molecule has 2 amide bonds. The first-order valence-electron chi connectivity index (χ1n) is 12.1. The monoisotopic (exact) mass is 523 g/mol. The molecule has 1 aliphatic heterocycles. The van der Waals surface area contributed by atoms with Gasteiger partial charge in [-0.3, -0.25) is 19.4 Å². The molecular weight excluding hydrogens is 494 g/mol. The molecule has 4 rings (SSSR count). The topological polar surface area (TPSA) is 138 Å². The van der Waals surface area contributed by atoms with E-state index in [1.165, 1.54) is 12.3 Å². The van der Waals surface area contributed by atoms with Crippen molar-refractivity contribution in [1.82, 2.24) is 24.9 Å². The zero-order valence-electron chi connectivity index (χ0n) is 20.6. The summed E-state index contributed by atoms with van der Waals surface area (Å²) in [6.45, 7) is 3.33. The van der Waals surface area contributed by atoms with E-state index in [4.69, 9.17) is 0 Å². The van der Waals surface area contributed by atoms with Crippen molar-refractivity contribution in [1.29, 1.82) is 0 Å². The number of fused-ring (bicyclic) bond motifs is 1. The fourth-order valence-corrected chi connectivity index (χ4v) is 5.58. The molecule has 1 aliphatic rings. The molecule has 3 heterocycles. The second-order valence-corrected chi connectivity index (χ2v) is 11.2. The van der Waals surface area contributed by atoms with Gasteiger partial charge >= 0.3 is 0 Å². The summed E-state index contributed by atoms with van der Waals surface area (Å²) in [7, 11) is -3.94. The molecule has 0 saturated carbocycles. The number of sulfonamides is 1. The zero-order valence-corrected chi connectivity index (χ0v) is 21.4. The number of benzene rings is 1. The van der Waals surface area contributed by atoms with Crippen LogP contribution in [-0.2, 0) is 19.6 Å². The predicted octanol–water partition coefficient (Wildman–Crippen LogP) is 1.92. The highest BCUT2D eigenvalue weighted by Gasteiger charge is 2.35. The number of nitrogens with one attached hydrogen (secondary N) is 2. The normalized spacial score (nSPS) is 17.8. The molecule has 0 radical (unpaired) electrons. The molecule has 194 valence electrons. The Kier molecular flexibility index (Phi) is 7.94. The zero-order chi connectivity index (χ0) is 26.6. The van der Waals surface area contributed by atoms with Crippen LogP contribution in [0.15, 0.2) is 66.0 Å². The summed E-state index contributed by atoms with van der Waals surface area (Å²) in [5.41, 5.74) is 0.179. The van der Waals surface area contributed by atoms with Crippen LogP contribution in [-0.4, -0.2) is 65.5 Å². The van der Waals surface area contributed by atoms with Crippen LogP contribution < -0.4 is 10.6 Å². The van der Waals surface area contributed by atoms with Gasteiger partial charge in [-0.15, -0.1) is 0 Å². The molecule has 10 nitrogen and oxygen atoms in total. The number of Topliss-reactive ketones (excluding diaryl/α,β-unsaturated/α-hetero) is 1. The van der Waals surface area contributed by atoms with Crippen molar-refractivity contribution < 1.29 is 22.8 Å². The van der Waals surface area contributed by atoms with E-state index in [0.29, 0.717) is 6.42 Å². The van der Waals surface area contributed by atoms with E-state index in [1.807, 2.05) is 24.3 Å². The maximum atomic E-state index is 13.1. The quantitative estimate of drug-likeness (QED) is 0.482. The smallest absolute Gasteiger partial charge is 0.270 e. The van der Waals surface area contributed by atoms with Crippen LogP contribution in [0.4, 0.5) is 0 Å². The fourth-order valence-electron chi connectivity index (χ4n) is 4.20. The molecule has 2 atom stereocenters. The van der Waals surface area contributed by atoms with E-state index in [2.05, 4.69) is 20.6 Å². The molecule has 11 heteroatoms. The van der Waals surface area contributed by atoms with E-state index in [1.54, 1.807) is 38.2 Å². The van der Waals surface area contributed by atoms with Crippen LogP contribution in [0.25, 0.3) is 10.8 Å². The molecule has 1 saturated heterocycles. The number of carbonyl (C=O) groups excluding carboxylic acids is 3. The lowest BCUT2D eigenvalue weighted by Gasteiger charge is -2.24. The highest BCUT2D eigenvalue weighted by molar-refractivity contribution is 7.89. The van der Waals surface area contributed by atoms with Crippen molar-refractivity contribution in [3.8, 4) is 0 Å². The van der Waals surface area contributed by atoms with Gasteiger partial charge in [-0.1, -0.05) is 44.2 Å². The fraction of sp³-hybridized carbons (Fsp3) is 0.346. The number of carbonyl (C=O) groups is 3. The number of rotatable bonds is 7. The van der Waals surface area contributed by atoms with Gasteiger partial charge in [-0.2, -0.15) is 4.31 Å². The maximum absolute atomic E-state index is 13.1. The van der Waals surface area contributed by atoms with Crippen molar-refractivity contribution in [3.63, 3.8) is 0 Å². The maximum Gasteiger partial charge on any atom is 0.270 e. The summed E-state index contributed by atoms with van der Waals surface area (Å²) in [5, 5.41) is 7.07. The standard InChI is InChI=1S/C26H29N5O5S/c1-17(2)24(30-25(33)21-14-18-8-3-4-9-19(18)15-28-21)26(34)29-20-10-7-13-31(16-22(20)32)37(35,36)23-11-5-6-12-27-23/h3-6,8-9,11-12,14-15,17,20,24H,7,10,13,16H2,1-2H3,(H,29,34)(H,30,33). The van der Waals surface area contributed by atoms with Crippen LogP contribution in [0.3, 0.4) is 0 Å². The van der Waals surface area contributed by atoms with Crippen LogP contribution in [0.1, 0.15) is 37.2 Å². The summed E-state index contributed by atoms with van der Waals surface area (Å²) in [5.74, 6) is -1.70. The largest absolute Gasteiger partial charge is 0.344 e. The van der Waals surface area contributed by atoms with Gasteiger partial charge in [0.15, 0.2) is 10.8 Å². The van der Waals surface area contributed by atoms with Crippen molar-refractivity contribution in [3.05, 3.63) is 66.6 Å². The molecule has 2 aromatic heterocycles. The Balaban J connectivity index is 1.43. The van der Waals surface area contributed by atoms with Gasteiger partial charge in [0.1, 0.15) is 11.7 Å². The first-order valence-corrected chi connectivity index (χ1v) is 13.5. The number of pyridine rings is 2. The number of aromatic nitrogens is 2. The van der Waals surface area contributed by atoms with Gasteiger partial charge in [0.2, 0.25) is 5.91 Å². The molecule has 0 spiro atoms. The minimum Gasteiger partial charge on any atom is -0.344 e. The molecule has 1 fully saturated rings. The first-order chi connectivity index (χ1) is 17.7. The molecule has 2 N–H and O–H groups in total. The Morgan fingerprint density at radius 3 is 2.49 bits per heavy atom. The summed E-state index contributed by atoms with van der Waals surface area (Å²) >= 11 is 0. The highest BCUT2D eigenvalue weighted by atomic mass is 32.2. The molecule has 2 unspecified atom stereocenters. The van der Waals surface area contributed by atoms with Crippen molar-refractivity contribution in [2.75, 3.05) is 13.1 Å². The molecular formula is C26H29N5O5S. The second kappa shape index (κ2) is 11.1. The molecule has 0 aliphatic carbocycles. The Morgan fingerprint density at radius 1 is 1.05 bits per heavy atom. The molecule has 37 heavy (non-hydrogen) atoms. The average Bonchev–Trinajstić information content (AvgIpc) is 3.08. The number of amides is 2. The molecule has 1 aromatic carbocycles. The van der Waals surface area contributed by atoms with Gasteiger partial charge in [0, 0.05) is 24.3 Å². The Labute approximate surface area is 215 Å².